The molecule has 3 rings (SSSR count). The van der Waals surface area contributed by atoms with Gasteiger partial charge in [0.2, 0.25) is 5.91 Å². The van der Waals surface area contributed by atoms with E-state index in [0.29, 0.717) is 4.90 Å². The first kappa shape index (κ1) is 19.2. The van der Waals surface area contributed by atoms with Crippen molar-refractivity contribution in [1.29, 1.82) is 0 Å². The highest BCUT2D eigenvalue weighted by Gasteiger charge is 2.21. The van der Waals surface area contributed by atoms with Crippen LogP contribution < -0.4 is 10.6 Å². The Morgan fingerprint density at radius 3 is 2.75 bits per heavy atom. The minimum Gasteiger partial charge on any atom is -0.352 e. The molecule has 1 aromatic carbocycles. The number of hydrogen-bond donors (Lipinski definition) is 2. The third kappa shape index (κ3) is 4.71. The van der Waals surface area contributed by atoms with Gasteiger partial charge in [-0.1, -0.05) is 6.07 Å². The first-order valence-corrected chi connectivity index (χ1v) is 10.0. The van der Waals surface area contributed by atoms with Gasteiger partial charge in [0.25, 0.3) is 0 Å². The minimum absolute atomic E-state index is 0. The monoisotopic (exact) mass is 372 g/mol. The smallest absolute Gasteiger partial charge is 0.221 e. The predicted molar refractivity (Wildman–Crippen MR) is 96.4 cm³/mol. The van der Waals surface area contributed by atoms with Crippen LogP contribution >= 0.6 is 12.4 Å². The maximum Gasteiger partial charge on any atom is 0.221 e. The zero-order valence-corrected chi connectivity index (χ0v) is 15.3. The fourth-order valence-electron chi connectivity index (χ4n) is 3.36. The van der Waals surface area contributed by atoms with Gasteiger partial charge in [0.15, 0.2) is 9.84 Å². The molecule has 0 bridgehead atoms. The lowest BCUT2D eigenvalue weighted by atomic mass is 10.1. The largest absolute Gasteiger partial charge is 0.352 e. The summed E-state index contributed by atoms with van der Waals surface area (Å²) < 4.78 is 24.9. The number of aryl methyl sites for hydroxylation is 2. The fourth-order valence-corrected chi connectivity index (χ4v) is 4.65. The Morgan fingerprint density at radius 2 is 2.00 bits per heavy atom. The molecular weight excluding hydrogens is 348 g/mol. The number of sulfone groups is 1. The van der Waals surface area contributed by atoms with Crippen molar-refractivity contribution in [3.63, 3.8) is 0 Å². The van der Waals surface area contributed by atoms with Crippen LogP contribution in [-0.2, 0) is 27.5 Å². The molecule has 1 heterocycles. The first-order valence-electron chi connectivity index (χ1n) is 8.39. The van der Waals surface area contributed by atoms with Crippen molar-refractivity contribution < 1.29 is 13.2 Å². The predicted octanol–water partition coefficient (Wildman–Crippen LogP) is 1.63. The first-order chi connectivity index (χ1) is 11.0. The highest BCUT2D eigenvalue weighted by Crippen LogP contribution is 2.25. The van der Waals surface area contributed by atoms with Crippen molar-refractivity contribution >= 4 is 28.2 Å². The number of fused-ring (bicyclic) bond motifs is 1. The molecule has 1 aliphatic carbocycles. The summed E-state index contributed by atoms with van der Waals surface area (Å²) >= 11 is 0. The molecule has 2 N–H and O–H groups in total. The zero-order valence-electron chi connectivity index (χ0n) is 13.7. The molecule has 0 aromatic heterocycles. The van der Waals surface area contributed by atoms with E-state index in [2.05, 4.69) is 10.6 Å². The molecule has 0 spiro atoms. The van der Waals surface area contributed by atoms with E-state index in [4.69, 9.17) is 0 Å². The lowest BCUT2D eigenvalue weighted by molar-refractivity contribution is -0.121. The average molecular weight is 373 g/mol. The van der Waals surface area contributed by atoms with Gasteiger partial charge >= 0.3 is 0 Å². The second-order valence-electron chi connectivity index (χ2n) is 6.46. The van der Waals surface area contributed by atoms with E-state index in [1.165, 1.54) is 5.56 Å². The van der Waals surface area contributed by atoms with Crippen molar-refractivity contribution in [2.45, 2.75) is 49.5 Å². The van der Waals surface area contributed by atoms with E-state index in [1.807, 2.05) is 6.07 Å². The van der Waals surface area contributed by atoms with Crippen molar-refractivity contribution in [2.24, 2.45) is 0 Å². The summed E-state index contributed by atoms with van der Waals surface area (Å²) in [5.74, 6) is -0.305. The molecular formula is C17H25ClN2O3S. The molecule has 0 radical (unpaired) electrons. The molecule has 1 fully saturated rings. The van der Waals surface area contributed by atoms with Crippen LogP contribution in [0.4, 0.5) is 0 Å². The van der Waals surface area contributed by atoms with E-state index in [-0.39, 0.29) is 36.5 Å². The van der Waals surface area contributed by atoms with Gasteiger partial charge in [-0.2, -0.15) is 0 Å². The van der Waals surface area contributed by atoms with E-state index in [0.717, 1.165) is 50.8 Å². The Balaban J connectivity index is 0.00000208. The summed E-state index contributed by atoms with van der Waals surface area (Å²) in [6.07, 6.45) is 5.10. The molecule has 1 saturated heterocycles. The molecule has 24 heavy (non-hydrogen) atoms. The standard InChI is InChI=1S/C17H24N2O3S.ClH/c20-17(19-15-5-2-9-18-12-15)8-10-23(21,22)16-7-6-13-3-1-4-14(13)11-16;/h6-7,11,15,18H,1-5,8-10,12H2,(H,19,20);1H. The van der Waals surface area contributed by atoms with Gasteiger partial charge in [-0.15, -0.1) is 12.4 Å². The zero-order chi connectivity index (χ0) is 16.3. The SMILES string of the molecule is Cl.O=C(CCS(=O)(=O)c1ccc2c(c1)CCC2)NC1CCCNC1. The summed E-state index contributed by atoms with van der Waals surface area (Å²) in [5, 5.41) is 6.15. The van der Waals surface area contributed by atoms with E-state index < -0.39 is 9.84 Å². The number of carbonyl (C=O) groups is 1. The van der Waals surface area contributed by atoms with Crippen molar-refractivity contribution in [3.8, 4) is 0 Å². The molecule has 1 aliphatic heterocycles. The molecule has 134 valence electrons. The Labute approximate surface area is 149 Å². The summed E-state index contributed by atoms with van der Waals surface area (Å²) in [6.45, 7) is 1.75. The minimum atomic E-state index is -3.39. The van der Waals surface area contributed by atoms with Gasteiger partial charge in [0.1, 0.15) is 0 Å². The second kappa shape index (κ2) is 8.32. The fraction of sp³-hybridized carbons (Fsp3) is 0.588. The number of benzene rings is 1. The lowest BCUT2D eigenvalue weighted by Crippen LogP contribution is -2.45. The maximum absolute atomic E-state index is 12.4. The van der Waals surface area contributed by atoms with Crippen LogP contribution in [0.1, 0.15) is 36.8 Å². The normalized spacial score (nSPS) is 20.1. The molecule has 1 unspecified atom stereocenters. The van der Waals surface area contributed by atoms with Crippen molar-refractivity contribution in [3.05, 3.63) is 29.3 Å². The topological polar surface area (TPSA) is 75.3 Å². The third-order valence-corrected chi connectivity index (χ3v) is 6.40. The van der Waals surface area contributed by atoms with Crippen LogP contribution in [0.3, 0.4) is 0 Å². The van der Waals surface area contributed by atoms with E-state index in [9.17, 15) is 13.2 Å². The van der Waals surface area contributed by atoms with Gasteiger partial charge in [-0.3, -0.25) is 4.79 Å². The second-order valence-corrected chi connectivity index (χ2v) is 8.57. The number of hydrogen-bond acceptors (Lipinski definition) is 4. The summed E-state index contributed by atoms with van der Waals surface area (Å²) in [7, 11) is -3.39. The highest BCUT2D eigenvalue weighted by molar-refractivity contribution is 7.91. The molecule has 0 saturated carbocycles. The van der Waals surface area contributed by atoms with Crippen LogP contribution in [-0.4, -0.2) is 39.2 Å². The quantitative estimate of drug-likeness (QED) is 0.823. The van der Waals surface area contributed by atoms with Crippen LogP contribution in [0.2, 0.25) is 0 Å². The van der Waals surface area contributed by atoms with Gasteiger partial charge in [0, 0.05) is 19.0 Å². The number of rotatable bonds is 5. The summed E-state index contributed by atoms with van der Waals surface area (Å²) in [4.78, 5) is 12.3. The molecule has 1 aromatic rings. The van der Waals surface area contributed by atoms with Crippen LogP contribution in [0, 0.1) is 0 Å². The number of nitrogens with one attached hydrogen (secondary N) is 2. The Morgan fingerprint density at radius 1 is 1.21 bits per heavy atom. The van der Waals surface area contributed by atoms with Crippen LogP contribution in [0.15, 0.2) is 23.1 Å². The molecule has 2 aliphatic rings. The number of piperidine rings is 1. The van der Waals surface area contributed by atoms with Crippen molar-refractivity contribution in [1.82, 2.24) is 10.6 Å². The third-order valence-electron chi connectivity index (χ3n) is 4.69. The van der Waals surface area contributed by atoms with Crippen LogP contribution in [0.5, 0.6) is 0 Å². The van der Waals surface area contributed by atoms with Gasteiger partial charge in [-0.05, 0) is 61.9 Å². The average Bonchev–Trinajstić information content (AvgIpc) is 3.02. The van der Waals surface area contributed by atoms with Gasteiger partial charge < -0.3 is 10.6 Å². The van der Waals surface area contributed by atoms with E-state index in [1.54, 1.807) is 12.1 Å². The molecule has 7 heteroatoms. The molecule has 1 amide bonds. The number of halogens is 1. The summed E-state index contributed by atoms with van der Waals surface area (Å²) in [6, 6.07) is 5.52. The van der Waals surface area contributed by atoms with Crippen molar-refractivity contribution in [2.75, 3.05) is 18.8 Å². The number of amides is 1. The molecule has 5 nitrogen and oxygen atoms in total. The maximum atomic E-state index is 12.4. The van der Waals surface area contributed by atoms with Gasteiger partial charge in [-0.25, -0.2) is 8.42 Å². The lowest BCUT2D eigenvalue weighted by Gasteiger charge is -2.23. The Bertz CT molecular complexity index is 685. The van der Waals surface area contributed by atoms with Crippen LogP contribution in [0.25, 0.3) is 0 Å². The molecule has 1 atom stereocenters. The van der Waals surface area contributed by atoms with E-state index >= 15 is 0 Å². The Hall–Kier alpha value is -1.11. The number of carbonyl (C=O) groups excluding carboxylic acids is 1. The highest BCUT2D eigenvalue weighted by atomic mass is 35.5. The van der Waals surface area contributed by atoms with Gasteiger partial charge in [0.05, 0.1) is 10.6 Å². The summed E-state index contributed by atoms with van der Waals surface area (Å²) in [5.41, 5.74) is 2.40. The Kier molecular flexibility index (Phi) is 6.66.